The monoisotopic (exact) mass is 397 g/mol. The van der Waals surface area contributed by atoms with Gasteiger partial charge in [-0.25, -0.2) is 4.99 Å². The molecule has 1 aliphatic rings. The molecule has 0 spiro atoms. The van der Waals surface area contributed by atoms with Crippen molar-refractivity contribution in [2.45, 2.75) is 33.1 Å². The molecule has 0 aliphatic carbocycles. The molecule has 0 atom stereocenters. The molecule has 0 amide bonds. The second-order valence-electron chi connectivity index (χ2n) is 8.61. The third-order valence-electron chi connectivity index (χ3n) is 5.30. The molecule has 1 aliphatic heterocycles. The first-order valence-corrected chi connectivity index (χ1v) is 10.1. The number of rotatable bonds is 3. The van der Waals surface area contributed by atoms with Crippen molar-refractivity contribution in [3.8, 4) is 5.75 Å². The second kappa shape index (κ2) is 7.79. The van der Waals surface area contributed by atoms with E-state index in [2.05, 4.69) is 75.6 Å². The molecule has 0 unspecified atom stereocenters. The van der Waals surface area contributed by atoms with Gasteiger partial charge in [0.05, 0.1) is 18.5 Å². The lowest BCUT2D eigenvalue weighted by Gasteiger charge is -2.19. The Hall–Kier alpha value is -3.40. The first kappa shape index (κ1) is 19.9. The number of hydrogen-bond acceptors (Lipinski definition) is 4. The second-order valence-corrected chi connectivity index (χ2v) is 8.61. The molecule has 4 rings (SSSR count). The van der Waals surface area contributed by atoms with Gasteiger partial charge in [-0.1, -0.05) is 56.7 Å². The van der Waals surface area contributed by atoms with Crippen LogP contribution < -0.4 is 10.2 Å². The molecule has 3 aromatic rings. The molecule has 30 heavy (non-hydrogen) atoms. The third kappa shape index (κ3) is 3.99. The minimum Gasteiger partial charge on any atom is -0.497 e. The Morgan fingerprint density at radius 3 is 2.13 bits per heavy atom. The van der Waals surface area contributed by atoms with Gasteiger partial charge in [0.25, 0.3) is 0 Å². The average Bonchev–Trinajstić information content (AvgIpc) is 2.93. The highest BCUT2D eigenvalue weighted by Crippen LogP contribution is 2.28. The summed E-state index contributed by atoms with van der Waals surface area (Å²) >= 11 is 0. The van der Waals surface area contributed by atoms with E-state index >= 15 is 0 Å². The van der Waals surface area contributed by atoms with Gasteiger partial charge in [0.15, 0.2) is 5.84 Å². The number of methoxy groups -OCH3 is 1. The molecular weight excluding hydrogens is 370 g/mol. The molecule has 0 saturated carbocycles. The number of aliphatic imine (C=N–C) groups is 1. The number of aryl methyl sites for hydroxylation is 1. The number of hydrazone groups is 1. The van der Waals surface area contributed by atoms with Crippen molar-refractivity contribution < 1.29 is 4.74 Å². The summed E-state index contributed by atoms with van der Waals surface area (Å²) in [5.74, 6) is 1.56. The first-order chi connectivity index (χ1) is 14.3. The maximum atomic E-state index is 5.30. The lowest BCUT2D eigenvalue weighted by molar-refractivity contribution is 0.415. The van der Waals surface area contributed by atoms with Crippen molar-refractivity contribution in [2.24, 2.45) is 10.1 Å². The largest absolute Gasteiger partial charge is 0.497 e. The van der Waals surface area contributed by atoms with Crippen LogP contribution in [0.1, 0.15) is 48.6 Å². The van der Waals surface area contributed by atoms with Gasteiger partial charge in [-0.3, -0.25) is 5.43 Å². The van der Waals surface area contributed by atoms with E-state index in [1.54, 1.807) is 7.11 Å². The van der Waals surface area contributed by atoms with Crippen LogP contribution in [0.25, 0.3) is 0 Å². The number of nitrogens with zero attached hydrogens (tertiary/aromatic N) is 2. The Balaban J connectivity index is 1.77. The number of hydrogen-bond donors (Lipinski definition) is 1. The lowest BCUT2D eigenvalue weighted by Crippen LogP contribution is -2.20. The predicted molar refractivity (Wildman–Crippen MR) is 124 cm³/mol. The Labute approximate surface area is 178 Å². The first-order valence-electron chi connectivity index (χ1n) is 10.1. The molecule has 4 nitrogen and oxygen atoms in total. The molecule has 4 heteroatoms. The van der Waals surface area contributed by atoms with Gasteiger partial charge in [-0.05, 0) is 54.3 Å². The Morgan fingerprint density at radius 1 is 0.833 bits per heavy atom. The van der Waals surface area contributed by atoms with Gasteiger partial charge in [-0.15, -0.1) is 0 Å². The summed E-state index contributed by atoms with van der Waals surface area (Å²) in [5, 5.41) is 4.76. The maximum absolute atomic E-state index is 5.30. The summed E-state index contributed by atoms with van der Waals surface area (Å²) in [6.07, 6.45) is 0. The summed E-state index contributed by atoms with van der Waals surface area (Å²) in [5.41, 5.74) is 10.6. The van der Waals surface area contributed by atoms with E-state index in [9.17, 15) is 0 Å². The molecule has 0 bridgehead atoms. The standard InChI is InChI=1S/C26H27N3O/c1-17-6-15-23-22(16-17)24(18-9-13-21(30-5)14-10-18)28-29-25(27-23)19-7-11-20(12-8-19)26(2,3)4/h6-16H,1-5H3,(H,27,29). The van der Waals surface area contributed by atoms with Crippen LogP contribution in [-0.2, 0) is 5.41 Å². The van der Waals surface area contributed by atoms with Crippen LogP contribution in [0.2, 0.25) is 0 Å². The van der Waals surface area contributed by atoms with E-state index < -0.39 is 0 Å². The van der Waals surface area contributed by atoms with E-state index in [0.717, 1.165) is 39.7 Å². The number of fused-ring (bicyclic) bond motifs is 1. The summed E-state index contributed by atoms with van der Waals surface area (Å²) < 4.78 is 5.30. The quantitative estimate of drug-likeness (QED) is 0.613. The van der Waals surface area contributed by atoms with Crippen LogP contribution in [0, 0.1) is 6.92 Å². The highest BCUT2D eigenvalue weighted by Gasteiger charge is 2.18. The van der Waals surface area contributed by atoms with Crippen LogP contribution in [0.5, 0.6) is 5.75 Å². The lowest BCUT2D eigenvalue weighted by atomic mass is 9.86. The Bertz CT molecular complexity index is 1120. The third-order valence-corrected chi connectivity index (χ3v) is 5.30. The number of ether oxygens (including phenoxy) is 1. The van der Waals surface area contributed by atoms with Crippen LogP contribution in [0.4, 0.5) is 5.69 Å². The molecule has 0 aromatic heterocycles. The number of benzene rings is 3. The van der Waals surface area contributed by atoms with Crippen molar-refractivity contribution in [1.82, 2.24) is 5.43 Å². The van der Waals surface area contributed by atoms with E-state index in [-0.39, 0.29) is 5.41 Å². The molecular formula is C26H27N3O. The fraction of sp³-hybridized carbons (Fsp3) is 0.231. The van der Waals surface area contributed by atoms with Crippen molar-refractivity contribution in [2.75, 3.05) is 7.11 Å². The van der Waals surface area contributed by atoms with Crippen LogP contribution in [-0.4, -0.2) is 18.7 Å². The topological polar surface area (TPSA) is 46.0 Å². The zero-order valence-corrected chi connectivity index (χ0v) is 18.2. The fourth-order valence-electron chi connectivity index (χ4n) is 3.48. The Kier molecular flexibility index (Phi) is 5.17. The fourth-order valence-corrected chi connectivity index (χ4v) is 3.48. The number of nitrogens with one attached hydrogen (secondary N) is 1. The minimum absolute atomic E-state index is 0.112. The van der Waals surface area contributed by atoms with Crippen molar-refractivity contribution in [1.29, 1.82) is 0 Å². The van der Waals surface area contributed by atoms with Gasteiger partial charge in [0, 0.05) is 16.7 Å². The molecule has 0 fully saturated rings. The summed E-state index contributed by atoms with van der Waals surface area (Å²) in [6.45, 7) is 8.73. The van der Waals surface area contributed by atoms with Crippen LogP contribution in [0.3, 0.4) is 0 Å². The maximum Gasteiger partial charge on any atom is 0.154 e. The predicted octanol–water partition coefficient (Wildman–Crippen LogP) is 5.74. The van der Waals surface area contributed by atoms with E-state index in [4.69, 9.17) is 14.8 Å². The minimum atomic E-state index is 0.112. The van der Waals surface area contributed by atoms with Crippen molar-refractivity contribution in [3.05, 3.63) is 94.5 Å². The molecule has 152 valence electrons. The highest BCUT2D eigenvalue weighted by atomic mass is 16.5. The van der Waals surface area contributed by atoms with E-state index in [1.165, 1.54) is 11.1 Å². The molecule has 0 radical (unpaired) electrons. The Morgan fingerprint density at radius 2 is 1.50 bits per heavy atom. The molecule has 1 heterocycles. The number of amidine groups is 1. The highest BCUT2D eigenvalue weighted by molar-refractivity contribution is 6.18. The molecule has 3 aromatic carbocycles. The zero-order chi connectivity index (χ0) is 21.3. The molecule has 0 saturated heterocycles. The SMILES string of the molecule is COc1ccc(C2=NNC(c3ccc(C(C)(C)C)cc3)=Nc3ccc(C)cc32)cc1. The summed E-state index contributed by atoms with van der Waals surface area (Å²) in [7, 11) is 1.67. The summed E-state index contributed by atoms with van der Waals surface area (Å²) in [4.78, 5) is 4.92. The van der Waals surface area contributed by atoms with Crippen molar-refractivity contribution >= 4 is 17.2 Å². The van der Waals surface area contributed by atoms with Crippen LogP contribution >= 0.6 is 0 Å². The summed E-state index contributed by atoms with van der Waals surface area (Å²) in [6, 6.07) is 22.8. The normalized spacial score (nSPS) is 13.5. The van der Waals surface area contributed by atoms with Crippen LogP contribution in [0.15, 0.2) is 76.8 Å². The van der Waals surface area contributed by atoms with Gasteiger partial charge < -0.3 is 4.74 Å². The van der Waals surface area contributed by atoms with E-state index in [1.807, 2.05) is 24.3 Å². The molecule has 1 N–H and O–H groups in total. The average molecular weight is 398 g/mol. The van der Waals surface area contributed by atoms with Gasteiger partial charge >= 0.3 is 0 Å². The zero-order valence-electron chi connectivity index (χ0n) is 18.2. The van der Waals surface area contributed by atoms with Gasteiger partial charge in [0.1, 0.15) is 5.75 Å². The van der Waals surface area contributed by atoms with Gasteiger partial charge in [0.2, 0.25) is 0 Å². The van der Waals surface area contributed by atoms with Crippen molar-refractivity contribution in [3.63, 3.8) is 0 Å². The van der Waals surface area contributed by atoms with E-state index in [0.29, 0.717) is 0 Å². The smallest absolute Gasteiger partial charge is 0.154 e. The van der Waals surface area contributed by atoms with Gasteiger partial charge in [-0.2, -0.15) is 5.10 Å².